The summed E-state index contributed by atoms with van der Waals surface area (Å²) >= 11 is 7.35. The highest BCUT2D eigenvalue weighted by atomic mass is 35.5. The van der Waals surface area contributed by atoms with E-state index in [1.54, 1.807) is 12.1 Å². The number of nitrogens with one attached hydrogen (secondary N) is 1. The maximum Gasteiger partial charge on any atom is 0.357 e. The number of hydrogen-bond acceptors (Lipinski definition) is 5. The van der Waals surface area contributed by atoms with E-state index in [1.807, 2.05) is 48.5 Å². The summed E-state index contributed by atoms with van der Waals surface area (Å²) in [6.45, 7) is -0.419. The Morgan fingerprint density at radius 2 is 1.78 bits per heavy atom. The number of benzene rings is 2. The molecule has 0 fully saturated rings. The zero-order chi connectivity index (χ0) is 19.1. The van der Waals surface area contributed by atoms with E-state index in [-0.39, 0.29) is 5.69 Å². The number of carbonyl (C=O) groups excluding carboxylic acids is 2. The van der Waals surface area contributed by atoms with Crippen molar-refractivity contribution < 1.29 is 14.3 Å². The third-order valence-electron chi connectivity index (χ3n) is 3.40. The lowest BCUT2D eigenvalue weighted by Crippen LogP contribution is -2.21. The average Bonchev–Trinajstić information content (AvgIpc) is 2.68. The van der Waals surface area contributed by atoms with Crippen LogP contribution >= 0.6 is 23.4 Å². The summed E-state index contributed by atoms with van der Waals surface area (Å²) in [5.41, 5.74) is 0.698. The van der Waals surface area contributed by atoms with Gasteiger partial charge < -0.3 is 10.1 Å². The van der Waals surface area contributed by atoms with Crippen LogP contribution in [0.15, 0.2) is 82.7 Å². The molecule has 27 heavy (non-hydrogen) atoms. The van der Waals surface area contributed by atoms with E-state index >= 15 is 0 Å². The molecular formula is C20H15ClN2O3S. The number of rotatable bonds is 6. The van der Waals surface area contributed by atoms with Gasteiger partial charge >= 0.3 is 5.97 Å². The van der Waals surface area contributed by atoms with Gasteiger partial charge in [-0.05, 0) is 36.4 Å². The third-order valence-corrected chi connectivity index (χ3v) is 4.72. The van der Waals surface area contributed by atoms with Crippen molar-refractivity contribution in [2.24, 2.45) is 0 Å². The Kier molecular flexibility index (Phi) is 6.46. The van der Waals surface area contributed by atoms with Gasteiger partial charge in [0.15, 0.2) is 6.61 Å². The van der Waals surface area contributed by atoms with Crippen LogP contribution in [-0.4, -0.2) is 23.5 Å². The highest BCUT2D eigenvalue weighted by Gasteiger charge is 2.13. The first-order valence-electron chi connectivity index (χ1n) is 8.02. The number of ether oxygens (including phenoxy) is 1. The number of para-hydroxylation sites is 1. The quantitative estimate of drug-likeness (QED) is 0.610. The monoisotopic (exact) mass is 398 g/mol. The molecule has 3 aromatic rings. The fraction of sp³-hybridized carbons (Fsp3) is 0.0500. The van der Waals surface area contributed by atoms with Crippen molar-refractivity contribution in [3.05, 3.63) is 83.6 Å². The lowest BCUT2D eigenvalue weighted by Gasteiger charge is -2.11. The minimum atomic E-state index is -0.709. The molecule has 136 valence electrons. The van der Waals surface area contributed by atoms with Gasteiger partial charge in [0.05, 0.1) is 5.69 Å². The second-order valence-corrected chi connectivity index (χ2v) is 6.95. The van der Waals surface area contributed by atoms with Crippen molar-refractivity contribution in [2.45, 2.75) is 9.79 Å². The first kappa shape index (κ1) is 18.9. The minimum absolute atomic E-state index is 0.0512. The van der Waals surface area contributed by atoms with Gasteiger partial charge in [0.25, 0.3) is 5.91 Å². The largest absolute Gasteiger partial charge is 0.451 e. The van der Waals surface area contributed by atoms with Gasteiger partial charge in [0.1, 0.15) is 5.69 Å². The zero-order valence-corrected chi connectivity index (χ0v) is 15.7. The van der Waals surface area contributed by atoms with Gasteiger partial charge in [-0.25, -0.2) is 9.78 Å². The minimum Gasteiger partial charge on any atom is -0.451 e. The number of esters is 1. The van der Waals surface area contributed by atoms with Gasteiger partial charge in [-0.1, -0.05) is 53.7 Å². The molecule has 0 unspecified atom stereocenters. The number of pyridine rings is 1. The summed E-state index contributed by atoms with van der Waals surface area (Å²) in [6.07, 6.45) is 1.40. The Hall–Kier alpha value is -2.83. The van der Waals surface area contributed by atoms with Crippen molar-refractivity contribution in [3.8, 4) is 0 Å². The van der Waals surface area contributed by atoms with E-state index in [1.165, 1.54) is 24.0 Å². The van der Waals surface area contributed by atoms with Crippen LogP contribution in [0.2, 0.25) is 5.02 Å². The van der Waals surface area contributed by atoms with Crippen LogP contribution in [0.1, 0.15) is 10.5 Å². The van der Waals surface area contributed by atoms with Gasteiger partial charge in [0.2, 0.25) is 0 Å². The Morgan fingerprint density at radius 3 is 2.56 bits per heavy atom. The van der Waals surface area contributed by atoms with Gasteiger partial charge in [-0.3, -0.25) is 4.79 Å². The first-order chi connectivity index (χ1) is 13.1. The fourth-order valence-electron chi connectivity index (χ4n) is 2.18. The summed E-state index contributed by atoms with van der Waals surface area (Å²) in [5.74, 6) is -1.15. The summed E-state index contributed by atoms with van der Waals surface area (Å²) in [4.78, 5) is 29.9. The summed E-state index contributed by atoms with van der Waals surface area (Å²) in [6, 6.07) is 20.2. The van der Waals surface area contributed by atoms with Crippen LogP contribution < -0.4 is 5.32 Å². The first-order valence-corrected chi connectivity index (χ1v) is 9.22. The van der Waals surface area contributed by atoms with Crippen molar-refractivity contribution in [2.75, 3.05) is 11.9 Å². The maximum absolute atomic E-state index is 12.2. The van der Waals surface area contributed by atoms with E-state index in [4.69, 9.17) is 16.3 Å². The molecule has 1 heterocycles. The van der Waals surface area contributed by atoms with Gasteiger partial charge in [-0.15, -0.1) is 0 Å². The molecule has 2 aromatic carbocycles. The van der Waals surface area contributed by atoms with Crippen LogP contribution in [0.25, 0.3) is 0 Å². The number of amides is 1. The number of carbonyl (C=O) groups is 2. The summed E-state index contributed by atoms with van der Waals surface area (Å²) in [7, 11) is 0. The number of aromatic nitrogens is 1. The van der Waals surface area contributed by atoms with Crippen molar-refractivity contribution in [1.82, 2.24) is 4.98 Å². The van der Waals surface area contributed by atoms with Crippen LogP contribution in [0.3, 0.4) is 0 Å². The van der Waals surface area contributed by atoms with Crippen LogP contribution in [0.5, 0.6) is 0 Å². The SMILES string of the molecule is O=C(COC(=O)c1cc(Cl)ccn1)Nc1ccccc1Sc1ccccc1. The molecule has 0 spiro atoms. The van der Waals surface area contributed by atoms with Crippen molar-refractivity contribution in [1.29, 1.82) is 0 Å². The molecular weight excluding hydrogens is 384 g/mol. The molecule has 0 aliphatic rings. The summed E-state index contributed by atoms with van der Waals surface area (Å²) < 4.78 is 5.00. The number of hydrogen-bond donors (Lipinski definition) is 1. The molecule has 0 radical (unpaired) electrons. The molecule has 3 rings (SSSR count). The summed E-state index contributed by atoms with van der Waals surface area (Å²) in [5, 5.41) is 3.13. The molecule has 0 atom stereocenters. The maximum atomic E-state index is 12.2. The topological polar surface area (TPSA) is 68.3 Å². The lowest BCUT2D eigenvalue weighted by atomic mass is 10.3. The predicted molar refractivity (Wildman–Crippen MR) is 105 cm³/mol. The molecule has 1 aromatic heterocycles. The van der Waals surface area contributed by atoms with E-state index in [0.717, 1.165) is 9.79 Å². The predicted octanol–water partition coefficient (Wildman–Crippen LogP) is 4.68. The standard InChI is InChI=1S/C20H15ClN2O3S/c21-14-10-11-22-17(12-14)20(25)26-13-19(24)23-16-8-4-5-9-18(16)27-15-6-2-1-3-7-15/h1-12H,13H2,(H,23,24). The van der Waals surface area contributed by atoms with E-state index < -0.39 is 18.5 Å². The van der Waals surface area contributed by atoms with Crippen molar-refractivity contribution >= 4 is 40.9 Å². The number of nitrogens with zero attached hydrogens (tertiary/aromatic N) is 1. The Bertz CT molecular complexity index is 951. The average molecular weight is 399 g/mol. The highest BCUT2D eigenvalue weighted by Crippen LogP contribution is 2.33. The van der Waals surface area contributed by atoms with Gasteiger partial charge in [-0.2, -0.15) is 0 Å². The number of halogens is 1. The van der Waals surface area contributed by atoms with Crippen LogP contribution in [-0.2, 0) is 9.53 Å². The second-order valence-electron chi connectivity index (χ2n) is 5.39. The molecule has 0 aliphatic carbocycles. The molecule has 1 amide bonds. The molecule has 5 nitrogen and oxygen atoms in total. The lowest BCUT2D eigenvalue weighted by molar-refractivity contribution is -0.119. The molecule has 1 N–H and O–H groups in total. The van der Waals surface area contributed by atoms with Crippen LogP contribution in [0.4, 0.5) is 5.69 Å². The molecule has 0 bridgehead atoms. The van der Waals surface area contributed by atoms with E-state index in [0.29, 0.717) is 10.7 Å². The van der Waals surface area contributed by atoms with Crippen LogP contribution in [0, 0.1) is 0 Å². The van der Waals surface area contributed by atoms with E-state index in [2.05, 4.69) is 10.3 Å². The third kappa shape index (κ3) is 5.57. The number of anilines is 1. The fourth-order valence-corrected chi connectivity index (χ4v) is 3.26. The molecule has 0 saturated carbocycles. The Balaban J connectivity index is 1.60. The Morgan fingerprint density at radius 1 is 1.04 bits per heavy atom. The molecule has 7 heteroatoms. The molecule has 0 saturated heterocycles. The zero-order valence-electron chi connectivity index (χ0n) is 14.1. The highest BCUT2D eigenvalue weighted by molar-refractivity contribution is 7.99. The van der Waals surface area contributed by atoms with Crippen molar-refractivity contribution in [3.63, 3.8) is 0 Å². The smallest absolute Gasteiger partial charge is 0.357 e. The molecule has 0 aliphatic heterocycles. The van der Waals surface area contributed by atoms with Gasteiger partial charge in [0, 0.05) is 21.0 Å². The van der Waals surface area contributed by atoms with E-state index in [9.17, 15) is 9.59 Å². The second kappa shape index (κ2) is 9.21. The Labute approximate surface area is 165 Å². The normalized spacial score (nSPS) is 10.3.